The van der Waals surface area contributed by atoms with Crippen molar-refractivity contribution in [3.63, 3.8) is 0 Å². The molecule has 1 aromatic carbocycles. The normalized spacial score (nSPS) is 11.6. The summed E-state index contributed by atoms with van der Waals surface area (Å²) in [6.45, 7) is 11.2. The van der Waals surface area contributed by atoms with Crippen LogP contribution in [0.5, 0.6) is 0 Å². The monoisotopic (exact) mass is 263 g/mol. The Morgan fingerprint density at radius 1 is 1.11 bits per heavy atom. The Morgan fingerprint density at radius 2 is 1.67 bits per heavy atom. The zero-order valence-corrected chi connectivity index (χ0v) is 13.3. The molecule has 0 spiro atoms. The second kappa shape index (κ2) is 5.70. The lowest BCUT2D eigenvalue weighted by molar-refractivity contribution is 0.0998. The van der Waals surface area contributed by atoms with Crippen LogP contribution in [0, 0.1) is 0 Å². The first-order valence-electron chi connectivity index (χ1n) is 6.73. The number of amides is 1. The Balaban J connectivity index is 3.39. The zero-order valence-electron chi connectivity index (χ0n) is 12.3. The lowest BCUT2D eigenvalue weighted by Gasteiger charge is -2.21. The third-order valence-electron chi connectivity index (χ3n) is 3.20. The van der Waals surface area contributed by atoms with Crippen LogP contribution in [0.25, 0.3) is 0 Å². The zero-order chi connectivity index (χ0) is 13.9. The highest BCUT2D eigenvalue weighted by molar-refractivity contribution is 6.75. The molecule has 0 bridgehead atoms. The third kappa shape index (κ3) is 3.45. The van der Waals surface area contributed by atoms with E-state index in [9.17, 15) is 4.79 Å². The first-order chi connectivity index (χ1) is 8.30. The Labute approximate surface area is 112 Å². The fourth-order valence-corrected chi connectivity index (χ4v) is 3.94. The van der Waals surface area contributed by atoms with Gasteiger partial charge in [-0.3, -0.25) is 4.79 Å². The number of hydrogen-bond donors (Lipinski definition) is 1. The van der Waals surface area contributed by atoms with Gasteiger partial charge in [0, 0.05) is 13.6 Å². The van der Waals surface area contributed by atoms with Crippen molar-refractivity contribution in [3.05, 3.63) is 34.4 Å². The van der Waals surface area contributed by atoms with Crippen molar-refractivity contribution >= 4 is 14.0 Å². The molecule has 3 heteroatoms. The number of carbonyl (C=O) groups excluding carboxylic acids is 1. The number of rotatable bonds is 5. The molecule has 0 aliphatic carbocycles. The van der Waals surface area contributed by atoms with Gasteiger partial charge >= 0.3 is 0 Å². The molecule has 0 saturated heterocycles. The molecule has 0 aromatic heterocycles. The Hall–Kier alpha value is -1.09. The minimum absolute atomic E-state index is 0.268. The lowest BCUT2D eigenvalue weighted by Crippen LogP contribution is -2.27. The van der Waals surface area contributed by atoms with Crippen LogP contribution in [0.15, 0.2) is 12.1 Å². The minimum Gasteiger partial charge on any atom is -0.366 e. The highest BCUT2D eigenvalue weighted by atomic mass is 28.3. The van der Waals surface area contributed by atoms with Crippen LogP contribution in [-0.2, 0) is 18.9 Å². The fourth-order valence-electron chi connectivity index (χ4n) is 2.50. The molecule has 18 heavy (non-hydrogen) atoms. The Bertz CT molecular complexity index is 447. The second-order valence-corrected chi connectivity index (χ2v) is 11.5. The number of nitrogens with two attached hydrogens (primary N) is 1. The standard InChI is InChI=1S/C15H25NOSi/c1-6-11-8-9-12(10-18(3,4)5)14(15(16)17)13(11)7-2/h8-9H,6-7,10H2,1-5H3,(H2,16,17). The number of hydrogen-bond acceptors (Lipinski definition) is 1. The third-order valence-corrected chi connectivity index (χ3v) is 4.64. The van der Waals surface area contributed by atoms with Crippen LogP contribution >= 0.6 is 0 Å². The van der Waals surface area contributed by atoms with Crippen molar-refractivity contribution in [2.75, 3.05) is 0 Å². The summed E-state index contributed by atoms with van der Waals surface area (Å²) >= 11 is 0. The van der Waals surface area contributed by atoms with Crippen LogP contribution < -0.4 is 5.73 Å². The number of benzene rings is 1. The average molecular weight is 263 g/mol. The van der Waals surface area contributed by atoms with Gasteiger partial charge in [-0.25, -0.2) is 0 Å². The molecule has 1 rings (SSSR count). The number of aryl methyl sites for hydroxylation is 1. The first kappa shape index (κ1) is 15.0. The van der Waals surface area contributed by atoms with Crippen molar-refractivity contribution in [3.8, 4) is 0 Å². The van der Waals surface area contributed by atoms with Gasteiger partial charge in [0.25, 0.3) is 0 Å². The van der Waals surface area contributed by atoms with E-state index in [4.69, 9.17) is 5.73 Å². The van der Waals surface area contributed by atoms with E-state index >= 15 is 0 Å². The van der Waals surface area contributed by atoms with Crippen LogP contribution in [0.1, 0.15) is 40.9 Å². The molecule has 0 radical (unpaired) electrons. The number of primary amides is 1. The molecule has 0 unspecified atom stereocenters. The van der Waals surface area contributed by atoms with Crippen molar-refractivity contribution in [2.45, 2.75) is 52.4 Å². The molecule has 1 aromatic rings. The van der Waals surface area contributed by atoms with Crippen molar-refractivity contribution in [1.82, 2.24) is 0 Å². The first-order valence-corrected chi connectivity index (χ1v) is 10.4. The van der Waals surface area contributed by atoms with Gasteiger partial charge in [0.05, 0.1) is 0 Å². The number of carbonyl (C=O) groups is 1. The van der Waals surface area contributed by atoms with Gasteiger partial charge in [0.2, 0.25) is 5.91 Å². The molecule has 0 heterocycles. The van der Waals surface area contributed by atoms with E-state index in [1.165, 1.54) is 5.56 Å². The van der Waals surface area contributed by atoms with Crippen LogP contribution in [0.4, 0.5) is 0 Å². The van der Waals surface area contributed by atoms with Crippen LogP contribution in [0.2, 0.25) is 19.6 Å². The smallest absolute Gasteiger partial charge is 0.249 e. The molecule has 2 nitrogen and oxygen atoms in total. The summed E-state index contributed by atoms with van der Waals surface area (Å²) in [5, 5.41) is 0. The summed E-state index contributed by atoms with van der Waals surface area (Å²) in [5.41, 5.74) is 9.96. The SMILES string of the molecule is CCc1ccc(C[Si](C)(C)C)c(C(N)=O)c1CC. The van der Waals surface area contributed by atoms with E-state index in [2.05, 4.69) is 45.6 Å². The predicted octanol–water partition coefficient (Wildman–Crippen LogP) is 3.33. The molecular weight excluding hydrogens is 238 g/mol. The van der Waals surface area contributed by atoms with Crippen molar-refractivity contribution in [1.29, 1.82) is 0 Å². The minimum atomic E-state index is -1.25. The predicted molar refractivity (Wildman–Crippen MR) is 80.8 cm³/mol. The molecule has 0 fully saturated rings. The lowest BCUT2D eigenvalue weighted by atomic mass is 9.93. The van der Waals surface area contributed by atoms with Gasteiger partial charge in [-0.2, -0.15) is 0 Å². The largest absolute Gasteiger partial charge is 0.366 e. The summed E-state index contributed by atoms with van der Waals surface area (Å²) in [4.78, 5) is 11.8. The van der Waals surface area contributed by atoms with E-state index in [1.54, 1.807) is 0 Å². The van der Waals surface area contributed by atoms with E-state index in [0.717, 1.165) is 35.6 Å². The van der Waals surface area contributed by atoms with Gasteiger partial charge in [-0.1, -0.05) is 45.6 Å². The van der Waals surface area contributed by atoms with Crippen LogP contribution in [-0.4, -0.2) is 14.0 Å². The molecule has 2 N–H and O–H groups in total. The van der Waals surface area contributed by atoms with Gasteiger partial charge in [-0.05, 0) is 35.6 Å². The summed E-state index contributed by atoms with van der Waals surface area (Å²) < 4.78 is 0. The Morgan fingerprint density at radius 3 is 2.06 bits per heavy atom. The molecule has 1 amide bonds. The van der Waals surface area contributed by atoms with Gasteiger partial charge in [-0.15, -0.1) is 0 Å². The van der Waals surface area contributed by atoms with E-state index in [0.29, 0.717) is 0 Å². The molecule has 0 atom stereocenters. The summed E-state index contributed by atoms with van der Waals surface area (Å²) in [6, 6.07) is 5.29. The van der Waals surface area contributed by atoms with Crippen molar-refractivity contribution < 1.29 is 4.79 Å². The summed E-state index contributed by atoms with van der Waals surface area (Å²) in [7, 11) is -1.25. The van der Waals surface area contributed by atoms with Gasteiger partial charge < -0.3 is 5.73 Å². The van der Waals surface area contributed by atoms with Crippen molar-refractivity contribution in [2.24, 2.45) is 5.73 Å². The second-order valence-electron chi connectivity index (χ2n) is 6.05. The molecule has 0 saturated carbocycles. The Kier molecular flexibility index (Phi) is 4.74. The molecule has 100 valence electrons. The van der Waals surface area contributed by atoms with E-state index in [-0.39, 0.29) is 5.91 Å². The topological polar surface area (TPSA) is 43.1 Å². The maximum absolute atomic E-state index is 11.8. The maximum atomic E-state index is 11.8. The highest BCUT2D eigenvalue weighted by Crippen LogP contribution is 2.23. The molecule has 0 aliphatic heterocycles. The summed E-state index contributed by atoms with van der Waals surface area (Å²) in [6.07, 6.45) is 1.83. The quantitative estimate of drug-likeness (QED) is 0.814. The average Bonchev–Trinajstić information content (AvgIpc) is 2.25. The van der Waals surface area contributed by atoms with Crippen LogP contribution in [0.3, 0.4) is 0 Å². The summed E-state index contributed by atoms with van der Waals surface area (Å²) in [5.74, 6) is -0.268. The van der Waals surface area contributed by atoms with E-state index < -0.39 is 8.07 Å². The van der Waals surface area contributed by atoms with Gasteiger partial charge in [0.15, 0.2) is 0 Å². The molecule has 0 aliphatic rings. The highest BCUT2D eigenvalue weighted by Gasteiger charge is 2.21. The maximum Gasteiger partial charge on any atom is 0.249 e. The molecular formula is C15H25NOSi. The fraction of sp³-hybridized carbons (Fsp3) is 0.533. The van der Waals surface area contributed by atoms with Gasteiger partial charge in [0.1, 0.15) is 0 Å². The van der Waals surface area contributed by atoms with E-state index in [1.807, 2.05) is 0 Å².